The van der Waals surface area contributed by atoms with Gasteiger partial charge in [0.05, 0.1) is 4.90 Å². The van der Waals surface area contributed by atoms with Gasteiger partial charge in [-0.15, -0.1) is 12.4 Å². The van der Waals surface area contributed by atoms with Gasteiger partial charge in [0.25, 0.3) is 0 Å². The van der Waals surface area contributed by atoms with Crippen molar-refractivity contribution in [1.82, 2.24) is 9.62 Å². The molecule has 1 N–H and O–H groups in total. The van der Waals surface area contributed by atoms with Crippen molar-refractivity contribution in [2.75, 3.05) is 19.6 Å². The summed E-state index contributed by atoms with van der Waals surface area (Å²) >= 11 is 3.38. The van der Waals surface area contributed by atoms with E-state index < -0.39 is 10.0 Å². The Labute approximate surface area is 153 Å². The van der Waals surface area contributed by atoms with Crippen LogP contribution in [-0.2, 0) is 10.0 Å². The molecule has 1 aromatic carbocycles. The number of rotatable bonds is 3. The maximum absolute atomic E-state index is 12.9. The predicted octanol–water partition coefficient (Wildman–Crippen LogP) is 3.33. The summed E-state index contributed by atoms with van der Waals surface area (Å²) in [5, 5.41) is 3.55. The summed E-state index contributed by atoms with van der Waals surface area (Å²) in [6.45, 7) is 4.24. The van der Waals surface area contributed by atoms with Gasteiger partial charge in [-0.3, -0.25) is 0 Å². The van der Waals surface area contributed by atoms with E-state index in [1.807, 2.05) is 19.1 Å². The molecule has 2 fully saturated rings. The van der Waals surface area contributed by atoms with E-state index >= 15 is 0 Å². The minimum atomic E-state index is -3.38. The highest BCUT2D eigenvalue weighted by Gasteiger charge is 2.34. The Morgan fingerprint density at radius 3 is 2.52 bits per heavy atom. The van der Waals surface area contributed by atoms with Gasteiger partial charge in [-0.05, 0) is 62.8 Å². The molecule has 1 unspecified atom stereocenters. The van der Waals surface area contributed by atoms with E-state index in [2.05, 4.69) is 21.2 Å². The third kappa shape index (κ3) is 4.10. The topological polar surface area (TPSA) is 49.4 Å². The van der Waals surface area contributed by atoms with Gasteiger partial charge in [-0.1, -0.05) is 22.0 Å². The molecule has 0 aliphatic carbocycles. The Balaban J connectivity index is 0.00000192. The van der Waals surface area contributed by atoms with Gasteiger partial charge in [0.1, 0.15) is 0 Å². The first-order valence-electron chi connectivity index (χ1n) is 7.98. The van der Waals surface area contributed by atoms with Crippen LogP contribution in [-0.4, -0.2) is 38.4 Å². The number of nitrogens with zero attached hydrogens (tertiary/aromatic N) is 1. The van der Waals surface area contributed by atoms with Crippen LogP contribution in [0.5, 0.6) is 0 Å². The van der Waals surface area contributed by atoms with Crippen molar-refractivity contribution in [2.24, 2.45) is 5.92 Å². The molecule has 0 amide bonds. The van der Waals surface area contributed by atoms with Crippen LogP contribution in [0.1, 0.15) is 31.2 Å². The Morgan fingerprint density at radius 2 is 1.91 bits per heavy atom. The van der Waals surface area contributed by atoms with Gasteiger partial charge < -0.3 is 5.32 Å². The van der Waals surface area contributed by atoms with Crippen LogP contribution in [0.2, 0.25) is 0 Å². The maximum Gasteiger partial charge on any atom is 0.243 e. The van der Waals surface area contributed by atoms with E-state index in [0.29, 0.717) is 29.9 Å². The number of hydrogen-bond donors (Lipinski definition) is 1. The fourth-order valence-corrected chi connectivity index (χ4v) is 5.86. The van der Waals surface area contributed by atoms with Gasteiger partial charge in [-0.25, -0.2) is 8.42 Å². The van der Waals surface area contributed by atoms with Crippen LogP contribution in [0.15, 0.2) is 27.6 Å². The highest BCUT2D eigenvalue weighted by molar-refractivity contribution is 9.10. The Kier molecular flexibility index (Phi) is 6.53. The number of aryl methyl sites for hydroxylation is 1. The fraction of sp³-hybridized carbons (Fsp3) is 0.625. The van der Waals surface area contributed by atoms with Crippen LogP contribution in [0.3, 0.4) is 0 Å². The highest BCUT2D eigenvalue weighted by atomic mass is 79.9. The van der Waals surface area contributed by atoms with E-state index in [1.54, 1.807) is 10.4 Å². The summed E-state index contributed by atoms with van der Waals surface area (Å²) in [6.07, 6.45) is 4.41. The number of sulfonamides is 1. The van der Waals surface area contributed by atoms with Crippen LogP contribution >= 0.6 is 28.3 Å². The summed E-state index contributed by atoms with van der Waals surface area (Å²) in [7, 11) is -3.38. The zero-order chi connectivity index (χ0) is 15.7. The fourth-order valence-electron chi connectivity index (χ4n) is 3.62. The molecule has 130 valence electrons. The first-order valence-corrected chi connectivity index (χ1v) is 10.2. The van der Waals surface area contributed by atoms with Crippen molar-refractivity contribution in [3.63, 3.8) is 0 Å². The molecule has 2 aliphatic rings. The van der Waals surface area contributed by atoms with Gasteiger partial charge in [-0.2, -0.15) is 4.31 Å². The van der Waals surface area contributed by atoms with E-state index in [4.69, 9.17) is 0 Å². The molecule has 1 atom stereocenters. The lowest BCUT2D eigenvalue weighted by Gasteiger charge is -2.34. The van der Waals surface area contributed by atoms with Gasteiger partial charge in [0.15, 0.2) is 0 Å². The van der Waals surface area contributed by atoms with Crippen molar-refractivity contribution >= 4 is 38.4 Å². The molecule has 23 heavy (non-hydrogen) atoms. The molecule has 0 bridgehead atoms. The second-order valence-electron chi connectivity index (χ2n) is 6.35. The number of halogens is 2. The van der Waals surface area contributed by atoms with Gasteiger partial charge >= 0.3 is 0 Å². The minimum Gasteiger partial charge on any atom is -0.314 e. The van der Waals surface area contributed by atoms with Crippen molar-refractivity contribution in [3.8, 4) is 0 Å². The summed E-state index contributed by atoms with van der Waals surface area (Å²) < 4.78 is 28.2. The largest absolute Gasteiger partial charge is 0.314 e. The Hall–Kier alpha value is -0.140. The van der Waals surface area contributed by atoms with Crippen LogP contribution in [0.25, 0.3) is 0 Å². The monoisotopic (exact) mass is 422 g/mol. The summed E-state index contributed by atoms with van der Waals surface area (Å²) in [4.78, 5) is 0.430. The zero-order valence-electron chi connectivity index (χ0n) is 13.3. The SMILES string of the molecule is Cc1ccc(Br)cc1S(=O)(=O)N1CCC(C2CCCN2)CC1.Cl. The second-order valence-corrected chi connectivity index (χ2v) is 9.18. The van der Waals surface area contributed by atoms with Gasteiger partial charge in [0.2, 0.25) is 10.0 Å². The van der Waals surface area contributed by atoms with Crippen LogP contribution in [0.4, 0.5) is 0 Å². The summed E-state index contributed by atoms with van der Waals surface area (Å²) in [5.74, 6) is 0.623. The quantitative estimate of drug-likeness (QED) is 0.811. The molecule has 0 spiro atoms. The summed E-state index contributed by atoms with van der Waals surface area (Å²) in [6, 6.07) is 6.05. The molecule has 2 saturated heterocycles. The number of hydrogen-bond acceptors (Lipinski definition) is 3. The highest BCUT2D eigenvalue weighted by Crippen LogP contribution is 2.30. The lowest BCUT2D eigenvalue weighted by atomic mass is 9.89. The van der Waals surface area contributed by atoms with E-state index in [-0.39, 0.29) is 12.4 Å². The first-order chi connectivity index (χ1) is 10.5. The van der Waals surface area contributed by atoms with E-state index in [1.165, 1.54) is 12.8 Å². The third-order valence-corrected chi connectivity index (χ3v) is 7.47. The molecule has 2 aliphatic heterocycles. The molecular formula is C16H24BrClN2O2S. The lowest BCUT2D eigenvalue weighted by molar-refractivity contribution is 0.234. The average Bonchev–Trinajstić information content (AvgIpc) is 3.04. The average molecular weight is 424 g/mol. The molecule has 0 radical (unpaired) electrons. The van der Waals surface area contributed by atoms with E-state index in [9.17, 15) is 8.42 Å². The molecule has 0 aromatic heterocycles. The smallest absolute Gasteiger partial charge is 0.243 e. The lowest BCUT2D eigenvalue weighted by Crippen LogP contribution is -2.43. The van der Waals surface area contributed by atoms with Crippen molar-refractivity contribution < 1.29 is 8.42 Å². The van der Waals surface area contributed by atoms with Crippen LogP contribution in [0, 0.1) is 12.8 Å². The number of piperidine rings is 1. The molecule has 7 heteroatoms. The molecular weight excluding hydrogens is 400 g/mol. The van der Waals surface area contributed by atoms with Crippen molar-refractivity contribution in [2.45, 2.75) is 43.5 Å². The predicted molar refractivity (Wildman–Crippen MR) is 98.6 cm³/mol. The molecule has 4 nitrogen and oxygen atoms in total. The number of benzene rings is 1. The van der Waals surface area contributed by atoms with Crippen LogP contribution < -0.4 is 5.32 Å². The van der Waals surface area contributed by atoms with E-state index in [0.717, 1.165) is 29.4 Å². The van der Waals surface area contributed by atoms with Crippen molar-refractivity contribution in [1.29, 1.82) is 0 Å². The Morgan fingerprint density at radius 1 is 1.22 bits per heavy atom. The summed E-state index contributed by atoms with van der Waals surface area (Å²) in [5.41, 5.74) is 0.808. The molecule has 0 saturated carbocycles. The third-order valence-electron chi connectivity index (χ3n) is 4.93. The molecule has 3 rings (SSSR count). The van der Waals surface area contributed by atoms with Gasteiger partial charge in [0, 0.05) is 23.6 Å². The normalized spacial score (nSPS) is 23.7. The molecule has 1 aromatic rings. The first kappa shape index (κ1) is 19.2. The molecule has 2 heterocycles. The van der Waals surface area contributed by atoms with Crippen molar-refractivity contribution in [3.05, 3.63) is 28.2 Å². The Bertz CT molecular complexity index is 639. The second kappa shape index (κ2) is 7.83. The standard InChI is InChI=1S/C16H23BrN2O2S.ClH/c1-12-4-5-14(17)11-16(12)22(20,21)19-9-6-13(7-10-19)15-3-2-8-18-15;/h4-5,11,13,15,18H,2-3,6-10H2,1H3;1H. The zero-order valence-corrected chi connectivity index (χ0v) is 16.5. The number of nitrogens with one attached hydrogen (secondary N) is 1. The minimum absolute atomic E-state index is 0. The maximum atomic E-state index is 12.9.